The van der Waals surface area contributed by atoms with Crippen LogP contribution in [0.3, 0.4) is 0 Å². The molecule has 8 atom stereocenters. The maximum atomic E-state index is 14.6. The Morgan fingerprint density at radius 2 is 1.30 bits per heavy atom. The summed E-state index contributed by atoms with van der Waals surface area (Å²) >= 11 is -0.780. The molecule has 0 aromatic heterocycles. The molecule has 0 unspecified atom stereocenters. The van der Waals surface area contributed by atoms with Crippen molar-refractivity contribution in [1.29, 1.82) is 0 Å². The van der Waals surface area contributed by atoms with Crippen LogP contribution < -0.4 is 71.6 Å². The molecule has 2 heterocycles. The van der Waals surface area contributed by atoms with Gasteiger partial charge in [-0.2, -0.15) is 0 Å². The van der Waals surface area contributed by atoms with Gasteiger partial charge in [0.1, 0.15) is 0 Å². The van der Waals surface area contributed by atoms with Crippen LogP contribution in [-0.4, -0.2) is 164 Å². The van der Waals surface area contributed by atoms with E-state index in [0.29, 0.717) is 17.5 Å². The Labute approximate surface area is 431 Å². The zero-order valence-electron chi connectivity index (χ0n) is 40.4. The van der Waals surface area contributed by atoms with Gasteiger partial charge in [0.25, 0.3) is 0 Å². The van der Waals surface area contributed by atoms with Gasteiger partial charge in [0.2, 0.25) is 0 Å². The number of phenols is 1. The second-order valence-corrected chi connectivity index (χ2v) is 19.8. The van der Waals surface area contributed by atoms with E-state index < -0.39 is 154 Å². The number of guanidine groups is 1. The molecule has 0 radical (unpaired) electrons. The van der Waals surface area contributed by atoms with Gasteiger partial charge in [0.05, 0.1) is 0 Å². The van der Waals surface area contributed by atoms with E-state index in [9.17, 15) is 57.8 Å². The Bertz CT molecular complexity index is 2390. The Morgan fingerprint density at radius 3 is 1.91 bits per heavy atom. The number of benzene rings is 2. The second-order valence-electron chi connectivity index (χ2n) is 17.6. The van der Waals surface area contributed by atoms with Gasteiger partial charge in [-0.1, -0.05) is 6.07 Å². The molecule has 4 rings (SSSR count). The first kappa shape index (κ1) is 58.7. The number of amides is 11. The molecule has 11 amide bonds. The van der Waals surface area contributed by atoms with Crippen molar-refractivity contribution in [2.75, 3.05) is 19.6 Å². The van der Waals surface area contributed by atoms with E-state index in [2.05, 4.69) is 42.2 Å². The van der Waals surface area contributed by atoms with Gasteiger partial charge in [-0.25, -0.2) is 0 Å². The van der Waals surface area contributed by atoms with E-state index >= 15 is 0 Å². The average Bonchev–Trinajstić information content (AvgIpc) is 3.85. The summed E-state index contributed by atoms with van der Waals surface area (Å²) in [6.07, 6.45) is -1.37. The third-order valence-electron chi connectivity index (χ3n) is 11.7. The monoisotopic (exact) mass is 1100 g/mol. The SMILES string of the molecule is NC(=O)CC[C@@H]1NC(=O)[C@H](Cc2ccccc2)NC(=O)[C@H](Cc2ccc(O)cc2)NC(=O)[C@@H](N)C[Se]C[C@@H](C(=O)N2CCC[C@H]2C(=O)N[C@H](CCCN=C(N)N)C(=O)NCC(N)=O)NC(=O)[C@H](CC(N)=O)NC1=O. The third-order valence-corrected chi connectivity index (χ3v) is 14.1. The number of nitrogens with one attached hydrogen (secondary N) is 7. The Balaban J connectivity index is 1.72. The van der Waals surface area contributed by atoms with Crippen LogP contribution in [0.1, 0.15) is 56.1 Å². The van der Waals surface area contributed by atoms with Gasteiger partial charge >= 0.3 is 399 Å². The van der Waals surface area contributed by atoms with Crippen molar-refractivity contribution in [2.24, 2.45) is 39.4 Å². The van der Waals surface area contributed by atoms with E-state index in [1.165, 1.54) is 29.2 Å². The molecule has 20 N–H and O–H groups in total. The summed E-state index contributed by atoms with van der Waals surface area (Å²) in [5, 5.41) is 27.4. The Hall–Kier alpha value is -7.84. The summed E-state index contributed by atoms with van der Waals surface area (Å²) in [6, 6.07) is 2.82. The van der Waals surface area contributed by atoms with Crippen LogP contribution in [-0.2, 0) is 65.6 Å². The molecule has 2 aromatic carbocycles. The Kier molecular flexibility index (Phi) is 23.0. The predicted octanol–water partition coefficient (Wildman–Crippen LogP) is -6.25. The van der Waals surface area contributed by atoms with Gasteiger partial charge in [-0.05, 0) is 0 Å². The van der Waals surface area contributed by atoms with Crippen molar-refractivity contribution >= 4 is 85.9 Å². The topological polar surface area (TPSA) is 464 Å². The van der Waals surface area contributed by atoms with Crippen LogP contribution in [0.5, 0.6) is 5.75 Å². The number of carbonyl (C=O) groups excluding carboxylic acids is 11. The van der Waals surface area contributed by atoms with Crippen molar-refractivity contribution in [1.82, 2.24) is 42.1 Å². The van der Waals surface area contributed by atoms with Crippen LogP contribution >= 0.6 is 0 Å². The number of hydrogen-bond acceptors (Lipinski definition) is 14. The molecule has 2 fully saturated rings. The first-order valence-corrected chi connectivity index (χ1v) is 26.0. The van der Waals surface area contributed by atoms with Gasteiger partial charge in [0, 0.05) is 0 Å². The standard InChI is InChI=1S/C46H65N15O12Se/c47-27-22-74-23-33(45(73)61-17-5-9-34(61)44(72)56-28(8-4-16-53-46(51)52)39(67)54-21-37(50)65)60-43(71)32(20-36(49)64)59-40(68)29(14-15-35(48)63)55-41(69)31(18-24-6-2-1-3-7-24)58-42(70)30(57-38(27)66)19-25-10-12-26(62)13-11-25/h1-3,6-7,10-13,27-34,62H,4-5,8-9,14-23,47H2,(H2,48,63)(H2,49,64)(H2,50,65)(H,54,67)(H,55,69)(H,56,72)(H,57,66)(H,58,70)(H,59,68)(H,60,71)(H4,51,52,53)/t27-,28+,29-,30-,31-,32-,33-,34-/m0/s1. The van der Waals surface area contributed by atoms with Crippen molar-refractivity contribution in [3.05, 3.63) is 65.7 Å². The number of likely N-dealkylation sites (tertiary alicyclic amines) is 1. The summed E-state index contributed by atoms with van der Waals surface area (Å²) in [4.78, 5) is 153. The second kappa shape index (κ2) is 29.0. The van der Waals surface area contributed by atoms with Gasteiger partial charge in [-0.15, -0.1) is 0 Å². The van der Waals surface area contributed by atoms with E-state index in [-0.39, 0.29) is 67.5 Å². The van der Waals surface area contributed by atoms with Crippen LogP contribution in [0.4, 0.5) is 0 Å². The van der Waals surface area contributed by atoms with Gasteiger partial charge < -0.3 is 17.2 Å². The molecule has 27 nitrogen and oxygen atoms in total. The molecule has 0 spiro atoms. The van der Waals surface area contributed by atoms with Crippen molar-refractivity contribution in [3.8, 4) is 5.75 Å². The third kappa shape index (κ3) is 19.3. The van der Waals surface area contributed by atoms with Gasteiger partial charge in [0.15, 0.2) is 5.96 Å². The summed E-state index contributed by atoms with van der Waals surface area (Å²) in [5.41, 5.74) is 34.5. The number of primary amides is 3. The molecule has 0 saturated carbocycles. The van der Waals surface area contributed by atoms with Crippen LogP contribution in [0.2, 0.25) is 10.6 Å². The Morgan fingerprint density at radius 1 is 0.716 bits per heavy atom. The quantitative estimate of drug-likeness (QED) is 0.0269. The summed E-state index contributed by atoms with van der Waals surface area (Å²) < 4.78 is 0. The molecule has 2 aromatic rings. The molecular formula is C46H65N15O12Se. The number of nitrogens with two attached hydrogens (primary N) is 6. The molecule has 74 heavy (non-hydrogen) atoms. The molecule has 0 aliphatic carbocycles. The number of nitrogens with zero attached hydrogens (tertiary/aromatic N) is 2. The molecule has 2 aliphatic heterocycles. The number of phenolic OH excluding ortho intramolecular Hbond substituents is 1. The van der Waals surface area contributed by atoms with E-state index in [1.807, 2.05) is 0 Å². The van der Waals surface area contributed by atoms with E-state index in [4.69, 9.17) is 34.4 Å². The average molecular weight is 1100 g/mol. The molecule has 2 saturated heterocycles. The van der Waals surface area contributed by atoms with E-state index in [0.717, 1.165) is 0 Å². The molecule has 402 valence electrons. The first-order valence-electron chi connectivity index (χ1n) is 23.6. The summed E-state index contributed by atoms with van der Waals surface area (Å²) in [6.45, 7) is -0.447. The fourth-order valence-corrected chi connectivity index (χ4v) is 9.98. The minimum absolute atomic E-state index is 0.000315. The molecule has 28 heteroatoms. The number of hydrogen-bond donors (Lipinski definition) is 14. The van der Waals surface area contributed by atoms with Crippen LogP contribution in [0.25, 0.3) is 0 Å². The minimum atomic E-state index is -1.79. The molecule has 2 aliphatic rings. The first-order chi connectivity index (χ1) is 35.1. The maximum absolute atomic E-state index is 14.6. The van der Waals surface area contributed by atoms with Gasteiger partial charge in [-0.3, -0.25) is 4.79 Å². The fourth-order valence-electron chi connectivity index (χ4n) is 7.87. The predicted molar refractivity (Wildman–Crippen MR) is 266 cm³/mol. The number of aromatic hydroxyl groups is 1. The van der Waals surface area contributed by atoms with Crippen LogP contribution in [0.15, 0.2) is 59.6 Å². The van der Waals surface area contributed by atoms with Crippen LogP contribution in [0, 0.1) is 0 Å². The van der Waals surface area contributed by atoms with E-state index in [1.54, 1.807) is 30.3 Å². The zero-order valence-corrected chi connectivity index (χ0v) is 42.1. The normalized spacial score (nSPS) is 22.6. The summed E-state index contributed by atoms with van der Waals surface area (Å²) in [5.74, 6) is -10.1. The molecular weight excluding hydrogens is 1030 g/mol. The molecule has 0 bridgehead atoms. The van der Waals surface area contributed by atoms with Crippen molar-refractivity contribution < 1.29 is 57.8 Å². The summed E-state index contributed by atoms with van der Waals surface area (Å²) in [7, 11) is 0. The van der Waals surface area contributed by atoms with Crippen molar-refractivity contribution in [2.45, 2.75) is 117 Å². The van der Waals surface area contributed by atoms with Crippen molar-refractivity contribution in [3.63, 3.8) is 0 Å². The number of aliphatic imine (C=N–C) groups is 1. The fraction of sp³-hybridized carbons (Fsp3) is 0.478. The zero-order chi connectivity index (χ0) is 54.5. The number of carbonyl (C=O) groups is 11. The number of rotatable bonds is 19.